The molecule has 0 aliphatic rings. The van der Waals surface area contributed by atoms with Crippen LogP contribution in [-0.2, 0) is 4.79 Å². The molecule has 0 saturated carbocycles. The van der Waals surface area contributed by atoms with Crippen LogP contribution >= 0.6 is 11.8 Å². The summed E-state index contributed by atoms with van der Waals surface area (Å²) in [6, 6.07) is -0.915. The molecule has 0 bridgehead atoms. The molecular weight excluding hydrogens is 204 g/mol. The van der Waals surface area contributed by atoms with Gasteiger partial charge in [-0.1, -0.05) is 0 Å². The molecule has 76 valence electrons. The Balaban J connectivity index is 2.54. The molecule has 1 aromatic rings. The van der Waals surface area contributed by atoms with Gasteiger partial charge < -0.3 is 16.6 Å². The van der Waals surface area contributed by atoms with Crippen LogP contribution < -0.4 is 11.5 Å². The van der Waals surface area contributed by atoms with E-state index in [4.69, 9.17) is 16.6 Å². The minimum Gasteiger partial charge on any atom is -0.480 e. The summed E-state index contributed by atoms with van der Waals surface area (Å²) >= 11 is 1.18. The molecule has 1 aromatic heterocycles. The third kappa shape index (κ3) is 2.86. The fraction of sp³-hybridized carbons (Fsp3) is 0.286. The number of rotatable bonds is 4. The van der Waals surface area contributed by atoms with Crippen LogP contribution in [0, 0.1) is 0 Å². The van der Waals surface area contributed by atoms with Crippen molar-refractivity contribution in [1.29, 1.82) is 0 Å². The van der Waals surface area contributed by atoms with E-state index >= 15 is 0 Å². The minimum atomic E-state index is -1.04. The van der Waals surface area contributed by atoms with E-state index < -0.39 is 12.0 Å². The molecule has 5 N–H and O–H groups in total. The van der Waals surface area contributed by atoms with E-state index in [-0.39, 0.29) is 11.6 Å². The van der Waals surface area contributed by atoms with Gasteiger partial charge in [-0.15, -0.1) is 11.8 Å². The standard InChI is InChI=1S/C7H10N4O2S/c8-4(7(12)13)3-14-6-5(9)10-1-2-11-6/h1-2,4H,3,8H2,(H2,9,10)(H,12,13). The Bertz CT molecular complexity index is 333. The molecular formula is C7H10N4O2S. The van der Waals surface area contributed by atoms with Gasteiger partial charge in [0.25, 0.3) is 0 Å². The third-order valence-electron chi connectivity index (χ3n) is 1.41. The lowest BCUT2D eigenvalue weighted by atomic mass is 10.4. The molecule has 0 aromatic carbocycles. The molecule has 0 spiro atoms. The van der Waals surface area contributed by atoms with Gasteiger partial charge in [-0.05, 0) is 0 Å². The lowest BCUT2D eigenvalue weighted by molar-refractivity contribution is -0.137. The molecule has 1 atom stereocenters. The molecule has 0 amide bonds. The SMILES string of the molecule is Nc1nccnc1SCC(N)C(=O)O. The number of nitrogens with two attached hydrogens (primary N) is 2. The van der Waals surface area contributed by atoms with Crippen molar-refractivity contribution < 1.29 is 9.90 Å². The molecule has 1 rings (SSSR count). The van der Waals surface area contributed by atoms with E-state index in [0.29, 0.717) is 5.03 Å². The van der Waals surface area contributed by atoms with Gasteiger partial charge >= 0.3 is 5.97 Å². The van der Waals surface area contributed by atoms with Crippen molar-refractivity contribution >= 4 is 23.5 Å². The summed E-state index contributed by atoms with van der Waals surface area (Å²) in [5.74, 6) is -0.534. The Kier molecular flexibility index (Phi) is 3.66. The van der Waals surface area contributed by atoms with E-state index in [1.165, 1.54) is 24.2 Å². The van der Waals surface area contributed by atoms with E-state index in [2.05, 4.69) is 9.97 Å². The van der Waals surface area contributed by atoms with E-state index in [9.17, 15) is 4.79 Å². The Morgan fingerprint density at radius 3 is 2.79 bits per heavy atom. The van der Waals surface area contributed by atoms with Crippen LogP contribution in [0.5, 0.6) is 0 Å². The summed E-state index contributed by atoms with van der Waals surface area (Å²) in [4.78, 5) is 18.1. The summed E-state index contributed by atoms with van der Waals surface area (Å²) in [6.07, 6.45) is 2.96. The average molecular weight is 214 g/mol. The Hall–Kier alpha value is -1.34. The first-order valence-electron chi connectivity index (χ1n) is 3.79. The number of carboxylic acid groups (broad SMARTS) is 1. The number of hydrogen-bond acceptors (Lipinski definition) is 6. The predicted octanol–water partition coefficient (Wildman–Crippen LogP) is -0.437. The maximum Gasteiger partial charge on any atom is 0.321 e. The van der Waals surface area contributed by atoms with E-state index in [0.717, 1.165) is 0 Å². The molecule has 14 heavy (non-hydrogen) atoms. The van der Waals surface area contributed by atoms with Gasteiger partial charge in [-0.2, -0.15) is 0 Å². The van der Waals surface area contributed by atoms with Crippen molar-refractivity contribution in [2.24, 2.45) is 5.73 Å². The molecule has 0 saturated heterocycles. The summed E-state index contributed by atoms with van der Waals surface area (Å²) in [7, 11) is 0. The molecule has 7 heteroatoms. The monoisotopic (exact) mass is 214 g/mol. The average Bonchev–Trinajstić information content (AvgIpc) is 2.16. The van der Waals surface area contributed by atoms with Crippen LogP contribution in [0.25, 0.3) is 0 Å². The van der Waals surface area contributed by atoms with Gasteiger partial charge in [0.2, 0.25) is 0 Å². The quantitative estimate of drug-likeness (QED) is 0.582. The molecule has 6 nitrogen and oxygen atoms in total. The van der Waals surface area contributed by atoms with Crippen molar-refractivity contribution in [3.8, 4) is 0 Å². The lowest BCUT2D eigenvalue weighted by Gasteiger charge is -2.05. The Labute approximate surface area is 84.7 Å². The van der Waals surface area contributed by atoms with Crippen molar-refractivity contribution in [2.45, 2.75) is 11.1 Å². The van der Waals surface area contributed by atoms with Gasteiger partial charge in [0.1, 0.15) is 11.1 Å². The molecule has 0 fully saturated rings. The second-order valence-electron chi connectivity index (χ2n) is 2.50. The number of nitrogen functional groups attached to an aromatic ring is 1. The molecule has 0 aliphatic heterocycles. The molecule has 1 unspecified atom stereocenters. The predicted molar refractivity (Wildman–Crippen MR) is 52.8 cm³/mol. The zero-order chi connectivity index (χ0) is 10.6. The largest absolute Gasteiger partial charge is 0.480 e. The first-order valence-corrected chi connectivity index (χ1v) is 4.77. The van der Waals surface area contributed by atoms with Gasteiger partial charge in [0.05, 0.1) is 0 Å². The zero-order valence-electron chi connectivity index (χ0n) is 7.25. The minimum absolute atomic E-state index is 0.220. The van der Waals surface area contributed by atoms with Crippen molar-refractivity contribution in [3.05, 3.63) is 12.4 Å². The van der Waals surface area contributed by atoms with Crippen molar-refractivity contribution in [3.63, 3.8) is 0 Å². The van der Waals surface area contributed by atoms with Crippen LogP contribution in [-0.4, -0.2) is 32.8 Å². The number of hydrogen-bond donors (Lipinski definition) is 3. The number of aromatic nitrogens is 2. The highest BCUT2D eigenvalue weighted by Crippen LogP contribution is 2.19. The Morgan fingerprint density at radius 1 is 1.57 bits per heavy atom. The number of thioether (sulfide) groups is 1. The smallest absolute Gasteiger partial charge is 0.321 e. The first-order chi connectivity index (χ1) is 6.61. The zero-order valence-corrected chi connectivity index (χ0v) is 8.07. The van der Waals surface area contributed by atoms with Crippen LogP contribution in [0.1, 0.15) is 0 Å². The number of carbonyl (C=O) groups is 1. The summed E-state index contributed by atoms with van der Waals surface area (Å²) in [6.45, 7) is 0. The van der Waals surface area contributed by atoms with E-state index in [1.807, 2.05) is 0 Å². The van der Waals surface area contributed by atoms with Crippen LogP contribution in [0.2, 0.25) is 0 Å². The highest BCUT2D eigenvalue weighted by atomic mass is 32.2. The number of anilines is 1. The molecule has 1 heterocycles. The first kappa shape index (κ1) is 10.7. The highest BCUT2D eigenvalue weighted by Gasteiger charge is 2.13. The maximum absolute atomic E-state index is 10.4. The Morgan fingerprint density at radius 2 is 2.21 bits per heavy atom. The van der Waals surface area contributed by atoms with Crippen molar-refractivity contribution in [2.75, 3.05) is 11.5 Å². The van der Waals surface area contributed by atoms with E-state index in [1.54, 1.807) is 0 Å². The molecule has 0 aliphatic carbocycles. The summed E-state index contributed by atoms with van der Waals surface area (Å²) < 4.78 is 0. The second kappa shape index (κ2) is 4.77. The van der Waals surface area contributed by atoms with Crippen LogP contribution in [0.15, 0.2) is 17.4 Å². The number of aliphatic carboxylic acids is 1. The third-order valence-corrected chi connectivity index (χ3v) is 2.52. The van der Waals surface area contributed by atoms with Gasteiger partial charge in [-0.25, -0.2) is 9.97 Å². The molecule has 0 radical (unpaired) electrons. The van der Waals surface area contributed by atoms with Crippen molar-refractivity contribution in [1.82, 2.24) is 9.97 Å². The normalized spacial score (nSPS) is 12.4. The topological polar surface area (TPSA) is 115 Å². The van der Waals surface area contributed by atoms with Gasteiger partial charge in [-0.3, -0.25) is 4.79 Å². The lowest BCUT2D eigenvalue weighted by Crippen LogP contribution is -2.32. The number of nitrogens with zero attached hydrogens (tertiary/aromatic N) is 2. The van der Waals surface area contributed by atoms with Gasteiger partial charge in [0, 0.05) is 18.1 Å². The highest BCUT2D eigenvalue weighted by molar-refractivity contribution is 7.99. The van der Waals surface area contributed by atoms with Crippen LogP contribution in [0.4, 0.5) is 5.82 Å². The maximum atomic E-state index is 10.4. The van der Waals surface area contributed by atoms with Gasteiger partial charge in [0.15, 0.2) is 5.82 Å². The number of carboxylic acids is 1. The summed E-state index contributed by atoms with van der Waals surface area (Å²) in [5.41, 5.74) is 10.8. The summed E-state index contributed by atoms with van der Waals surface area (Å²) in [5, 5.41) is 9.03. The fourth-order valence-electron chi connectivity index (χ4n) is 0.687. The fourth-order valence-corrected chi connectivity index (χ4v) is 1.50. The van der Waals surface area contributed by atoms with Crippen LogP contribution in [0.3, 0.4) is 0 Å². The second-order valence-corrected chi connectivity index (χ2v) is 3.51.